The molecule has 0 saturated carbocycles. The number of aromatic nitrogens is 2. The molecule has 0 amide bonds. The summed E-state index contributed by atoms with van der Waals surface area (Å²) in [6.07, 6.45) is -1.88. The minimum atomic E-state index is -4.36. The van der Waals surface area contributed by atoms with E-state index in [0.29, 0.717) is 18.9 Å². The Kier molecular flexibility index (Phi) is 5.00. The van der Waals surface area contributed by atoms with Crippen molar-refractivity contribution in [2.45, 2.75) is 6.18 Å². The Balaban J connectivity index is 1.77. The fraction of sp³-hybridized carbons (Fsp3) is 0.231. The summed E-state index contributed by atoms with van der Waals surface area (Å²) in [5.74, 6) is 1.12. The first-order valence-corrected chi connectivity index (χ1v) is 6.87. The van der Waals surface area contributed by atoms with E-state index < -0.39 is 11.7 Å². The van der Waals surface area contributed by atoms with Gasteiger partial charge in [0.25, 0.3) is 0 Å². The third-order valence-corrected chi connectivity index (χ3v) is 3.02. The molecule has 2 N–H and O–H groups in total. The van der Waals surface area contributed by atoms with Crippen LogP contribution in [0.25, 0.3) is 0 Å². The largest absolute Gasteiger partial charge is 0.417 e. The van der Waals surface area contributed by atoms with Crippen molar-refractivity contribution in [2.24, 2.45) is 0 Å². The lowest BCUT2D eigenvalue weighted by Gasteiger charge is -2.09. The van der Waals surface area contributed by atoms with Crippen LogP contribution in [0.1, 0.15) is 5.56 Å². The first kappa shape index (κ1) is 15.6. The zero-order valence-electron chi connectivity index (χ0n) is 10.8. The summed E-state index contributed by atoms with van der Waals surface area (Å²) in [7, 11) is 0. The van der Waals surface area contributed by atoms with E-state index in [-0.39, 0.29) is 0 Å². The van der Waals surface area contributed by atoms with Gasteiger partial charge in [0.05, 0.1) is 5.56 Å². The second-order valence-corrected chi connectivity index (χ2v) is 5.06. The molecule has 0 aliphatic carbocycles. The van der Waals surface area contributed by atoms with Gasteiger partial charge in [-0.25, -0.2) is 9.97 Å². The molecule has 2 heterocycles. The molecule has 0 radical (unpaired) electrons. The van der Waals surface area contributed by atoms with E-state index in [4.69, 9.17) is 0 Å². The maximum absolute atomic E-state index is 12.4. The zero-order chi connectivity index (χ0) is 15.3. The van der Waals surface area contributed by atoms with Crippen molar-refractivity contribution in [1.29, 1.82) is 0 Å². The van der Waals surface area contributed by atoms with Crippen LogP contribution in [0.2, 0.25) is 0 Å². The van der Waals surface area contributed by atoms with Gasteiger partial charge in [0.15, 0.2) is 0 Å². The van der Waals surface area contributed by atoms with E-state index in [1.54, 1.807) is 6.20 Å². The average molecular weight is 361 g/mol. The quantitative estimate of drug-likeness (QED) is 0.796. The SMILES string of the molecule is FC(F)(F)c1ccc(NCCNc2ccc(Br)cn2)nc1. The molecule has 0 aliphatic rings. The molecule has 112 valence electrons. The van der Waals surface area contributed by atoms with Crippen molar-refractivity contribution in [3.63, 3.8) is 0 Å². The van der Waals surface area contributed by atoms with Gasteiger partial charge in [-0.2, -0.15) is 13.2 Å². The van der Waals surface area contributed by atoms with E-state index in [9.17, 15) is 13.2 Å². The highest BCUT2D eigenvalue weighted by Gasteiger charge is 2.30. The molecule has 0 fully saturated rings. The number of hydrogen-bond donors (Lipinski definition) is 2. The van der Waals surface area contributed by atoms with Crippen LogP contribution in [0.3, 0.4) is 0 Å². The number of nitrogens with one attached hydrogen (secondary N) is 2. The van der Waals surface area contributed by atoms with Crippen molar-refractivity contribution < 1.29 is 13.2 Å². The Morgan fingerprint density at radius 1 is 0.905 bits per heavy atom. The second-order valence-electron chi connectivity index (χ2n) is 4.15. The van der Waals surface area contributed by atoms with Gasteiger partial charge in [0.2, 0.25) is 0 Å². The zero-order valence-corrected chi connectivity index (χ0v) is 12.4. The normalized spacial score (nSPS) is 11.2. The van der Waals surface area contributed by atoms with Crippen molar-refractivity contribution in [2.75, 3.05) is 23.7 Å². The smallest absolute Gasteiger partial charge is 0.368 e. The van der Waals surface area contributed by atoms with Crippen LogP contribution < -0.4 is 10.6 Å². The molecule has 2 aromatic heterocycles. The van der Waals surface area contributed by atoms with Crippen molar-refractivity contribution >= 4 is 27.6 Å². The summed E-state index contributed by atoms with van der Waals surface area (Å²) >= 11 is 3.29. The highest BCUT2D eigenvalue weighted by atomic mass is 79.9. The van der Waals surface area contributed by atoms with Crippen LogP contribution in [-0.4, -0.2) is 23.1 Å². The topological polar surface area (TPSA) is 49.8 Å². The Bertz CT molecular complexity index is 569. The molecule has 8 heteroatoms. The molecule has 0 aliphatic heterocycles. The van der Waals surface area contributed by atoms with E-state index in [1.807, 2.05) is 12.1 Å². The number of pyridine rings is 2. The average Bonchev–Trinajstić information content (AvgIpc) is 2.45. The fourth-order valence-corrected chi connectivity index (χ4v) is 1.76. The number of anilines is 2. The summed E-state index contributed by atoms with van der Waals surface area (Å²) in [5, 5.41) is 6.00. The van der Waals surface area contributed by atoms with Crippen LogP contribution in [-0.2, 0) is 6.18 Å². The molecular formula is C13H12BrF3N4. The maximum atomic E-state index is 12.4. The lowest BCUT2D eigenvalue weighted by atomic mass is 10.3. The molecule has 0 spiro atoms. The van der Waals surface area contributed by atoms with Gasteiger partial charge < -0.3 is 10.6 Å². The third kappa shape index (κ3) is 4.89. The van der Waals surface area contributed by atoms with Crippen LogP contribution in [0.5, 0.6) is 0 Å². The first-order chi connectivity index (χ1) is 9.95. The maximum Gasteiger partial charge on any atom is 0.417 e. The van der Waals surface area contributed by atoms with Gasteiger partial charge in [-0.3, -0.25) is 0 Å². The fourth-order valence-electron chi connectivity index (χ4n) is 1.53. The molecule has 21 heavy (non-hydrogen) atoms. The number of alkyl halides is 3. The van der Waals surface area contributed by atoms with E-state index in [0.717, 1.165) is 22.6 Å². The summed E-state index contributed by atoms with van der Waals surface area (Å²) in [5.41, 5.74) is -0.759. The predicted octanol–water partition coefficient (Wildman–Crippen LogP) is 3.78. The molecule has 0 aromatic carbocycles. The predicted molar refractivity (Wildman–Crippen MR) is 78.2 cm³/mol. The number of halogens is 4. The first-order valence-electron chi connectivity index (χ1n) is 6.08. The molecule has 0 bridgehead atoms. The molecule has 0 saturated heterocycles. The number of rotatable bonds is 5. The second kappa shape index (κ2) is 6.75. The van der Waals surface area contributed by atoms with Crippen LogP contribution in [0.15, 0.2) is 41.1 Å². The van der Waals surface area contributed by atoms with Gasteiger partial charge in [0, 0.05) is 30.0 Å². The summed E-state index contributed by atoms with van der Waals surface area (Å²) in [6, 6.07) is 5.99. The molecule has 2 aromatic rings. The lowest BCUT2D eigenvalue weighted by Crippen LogP contribution is -2.15. The molecular weight excluding hydrogens is 349 g/mol. The number of nitrogens with zero attached hydrogens (tertiary/aromatic N) is 2. The van der Waals surface area contributed by atoms with Crippen molar-refractivity contribution in [3.05, 3.63) is 46.7 Å². The van der Waals surface area contributed by atoms with E-state index in [1.165, 1.54) is 6.07 Å². The Labute approximate surface area is 127 Å². The monoisotopic (exact) mass is 360 g/mol. The molecule has 4 nitrogen and oxygen atoms in total. The molecule has 0 unspecified atom stereocenters. The van der Waals surface area contributed by atoms with Gasteiger partial charge in [0.1, 0.15) is 11.6 Å². The van der Waals surface area contributed by atoms with Gasteiger partial charge in [-0.05, 0) is 40.2 Å². The van der Waals surface area contributed by atoms with Crippen molar-refractivity contribution in [1.82, 2.24) is 9.97 Å². The van der Waals surface area contributed by atoms with E-state index in [2.05, 4.69) is 36.5 Å². The van der Waals surface area contributed by atoms with Gasteiger partial charge >= 0.3 is 6.18 Å². The highest BCUT2D eigenvalue weighted by molar-refractivity contribution is 9.10. The molecule has 2 rings (SSSR count). The lowest BCUT2D eigenvalue weighted by molar-refractivity contribution is -0.137. The standard InChI is InChI=1S/C13H12BrF3N4/c14-10-2-4-12(21-8-10)19-6-5-18-11-3-1-9(7-20-11)13(15,16)17/h1-4,7-8H,5-6H2,(H,18,20)(H,19,21). The van der Waals surface area contributed by atoms with Crippen LogP contribution in [0, 0.1) is 0 Å². The number of hydrogen-bond acceptors (Lipinski definition) is 4. The Morgan fingerprint density at radius 2 is 1.48 bits per heavy atom. The summed E-state index contributed by atoms with van der Waals surface area (Å²) < 4.78 is 38.0. The Morgan fingerprint density at radius 3 is 1.90 bits per heavy atom. The van der Waals surface area contributed by atoms with E-state index >= 15 is 0 Å². The van der Waals surface area contributed by atoms with Crippen molar-refractivity contribution in [3.8, 4) is 0 Å². The summed E-state index contributed by atoms with van der Waals surface area (Å²) in [4.78, 5) is 7.86. The highest BCUT2D eigenvalue weighted by Crippen LogP contribution is 2.28. The minimum absolute atomic E-state index is 0.397. The van der Waals surface area contributed by atoms with Crippen LogP contribution in [0.4, 0.5) is 24.8 Å². The minimum Gasteiger partial charge on any atom is -0.368 e. The van der Waals surface area contributed by atoms with Crippen LogP contribution >= 0.6 is 15.9 Å². The third-order valence-electron chi connectivity index (χ3n) is 2.56. The van der Waals surface area contributed by atoms with Gasteiger partial charge in [-0.1, -0.05) is 0 Å². The summed E-state index contributed by atoms with van der Waals surface area (Å²) in [6.45, 7) is 1.08. The van der Waals surface area contributed by atoms with Gasteiger partial charge in [-0.15, -0.1) is 0 Å². The Hall–Kier alpha value is -1.83. The molecule has 0 atom stereocenters.